The number of anilines is 3. The summed E-state index contributed by atoms with van der Waals surface area (Å²) in [7, 11) is 2.23. The predicted molar refractivity (Wildman–Crippen MR) is 210 cm³/mol. The van der Waals surface area contributed by atoms with E-state index in [0.717, 1.165) is 0 Å². The maximum absolute atomic E-state index is 2.59. The van der Waals surface area contributed by atoms with Crippen molar-refractivity contribution in [3.05, 3.63) is 161 Å². The molecule has 2 unspecified atom stereocenters. The van der Waals surface area contributed by atoms with Gasteiger partial charge in [-0.05, 0) is 105 Å². The van der Waals surface area contributed by atoms with Crippen LogP contribution in [-0.4, -0.2) is 4.57 Å². The Morgan fingerprint density at radius 1 is 0.580 bits per heavy atom. The van der Waals surface area contributed by atoms with Gasteiger partial charge in [0.1, 0.15) is 0 Å². The highest BCUT2D eigenvalue weighted by Gasteiger charge is 2.45. The number of para-hydroxylation sites is 2. The van der Waals surface area contributed by atoms with E-state index >= 15 is 0 Å². The minimum absolute atomic E-state index is 0.131. The molecule has 3 aliphatic rings. The van der Waals surface area contributed by atoms with E-state index in [-0.39, 0.29) is 5.41 Å². The van der Waals surface area contributed by atoms with Gasteiger partial charge in [-0.3, -0.25) is 0 Å². The molecule has 0 spiro atoms. The lowest BCUT2D eigenvalue weighted by Gasteiger charge is -2.31. The number of aryl methyl sites for hydroxylation is 2. The lowest BCUT2D eigenvalue weighted by atomic mass is 9.81. The van der Waals surface area contributed by atoms with Gasteiger partial charge in [-0.2, -0.15) is 0 Å². The Hall–Kier alpha value is -5.60. The van der Waals surface area contributed by atoms with Gasteiger partial charge in [-0.1, -0.05) is 123 Å². The molecule has 7 aromatic carbocycles. The molecule has 2 atom stereocenters. The first-order valence-electron chi connectivity index (χ1n) is 18.1. The first-order chi connectivity index (χ1) is 24.4. The summed E-state index contributed by atoms with van der Waals surface area (Å²) in [6, 6.07) is 50.8. The van der Waals surface area contributed by atoms with E-state index in [1.807, 2.05) is 0 Å². The SMILES string of the molecule is Cc1ccc2c(c1)C(C)(C)c1cc(N(c3ccc4c(c3)C3CC3c3ccccc3-4)c3cccc4c5ccccc5n(C)c34)c3ccccc3c1-2. The van der Waals surface area contributed by atoms with Crippen LogP contribution >= 0.6 is 0 Å². The molecule has 8 aromatic rings. The Morgan fingerprint density at radius 2 is 1.28 bits per heavy atom. The van der Waals surface area contributed by atoms with E-state index in [1.54, 1.807) is 0 Å². The molecule has 1 fully saturated rings. The molecule has 2 nitrogen and oxygen atoms in total. The summed E-state index contributed by atoms with van der Waals surface area (Å²) in [6.07, 6.45) is 1.24. The van der Waals surface area contributed by atoms with Gasteiger partial charge < -0.3 is 9.47 Å². The van der Waals surface area contributed by atoms with Gasteiger partial charge in [0, 0.05) is 39.8 Å². The van der Waals surface area contributed by atoms with E-state index in [2.05, 4.69) is 171 Å². The second-order valence-corrected chi connectivity index (χ2v) is 15.4. The second-order valence-electron chi connectivity index (χ2n) is 15.4. The zero-order chi connectivity index (χ0) is 33.5. The zero-order valence-electron chi connectivity index (χ0n) is 29.0. The molecule has 0 aliphatic heterocycles. The minimum atomic E-state index is -0.131. The maximum atomic E-state index is 2.59. The molecular weight excluding hydrogens is 605 g/mol. The number of rotatable bonds is 3. The maximum Gasteiger partial charge on any atom is 0.0733 e. The average Bonchev–Trinajstić information content (AvgIpc) is 3.86. The Morgan fingerprint density at radius 3 is 2.16 bits per heavy atom. The molecule has 1 saturated carbocycles. The van der Waals surface area contributed by atoms with Crippen LogP contribution in [0.3, 0.4) is 0 Å². The van der Waals surface area contributed by atoms with Crippen LogP contribution in [0.4, 0.5) is 17.1 Å². The summed E-state index contributed by atoms with van der Waals surface area (Å²) in [5, 5.41) is 5.17. The van der Waals surface area contributed by atoms with Crippen molar-refractivity contribution in [1.29, 1.82) is 0 Å². The van der Waals surface area contributed by atoms with Crippen LogP contribution in [0.25, 0.3) is 54.8 Å². The van der Waals surface area contributed by atoms with Crippen LogP contribution in [0, 0.1) is 6.92 Å². The molecule has 0 radical (unpaired) electrons. The number of hydrogen-bond acceptors (Lipinski definition) is 1. The van der Waals surface area contributed by atoms with E-state index < -0.39 is 0 Å². The predicted octanol–water partition coefficient (Wildman–Crippen LogP) is 12.8. The fourth-order valence-electron chi connectivity index (χ4n) is 9.86. The van der Waals surface area contributed by atoms with Crippen molar-refractivity contribution in [1.82, 2.24) is 4.57 Å². The number of nitrogens with zero attached hydrogens (tertiary/aromatic N) is 2. The highest BCUT2D eigenvalue weighted by Crippen LogP contribution is 2.63. The standard InChI is InChI=1S/C48H38N2/c1-28-20-22-37-41(24-28)48(2,3)42-27-45(33-14-7-8-16-35(33)46(37)42)50(44-19-11-17-36-34-15-9-10-18-43(34)49(4)47(36)44)29-21-23-32-30-12-5-6-13-31(30)39-26-40(39)38(32)25-29/h5-25,27,39-40H,26H2,1-4H3. The van der Waals surface area contributed by atoms with E-state index in [1.165, 1.54) is 106 Å². The monoisotopic (exact) mass is 642 g/mol. The van der Waals surface area contributed by atoms with Gasteiger partial charge in [0.2, 0.25) is 0 Å². The Bertz CT molecular complexity index is 2760. The van der Waals surface area contributed by atoms with E-state index in [4.69, 9.17) is 0 Å². The van der Waals surface area contributed by atoms with Crippen LogP contribution in [0.15, 0.2) is 133 Å². The fourth-order valence-corrected chi connectivity index (χ4v) is 9.86. The van der Waals surface area contributed by atoms with Crippen molar-refractivity contribution in [2.45, 2.75) is 44.4 Å². The highest BCUT2D eigenvalue weighted by atomic mass is 15.2. The smallest absolute Gasteiger partial charge is 0.0733 e. The van der Waals surface area contributed by atoms with Crippen molar-refractivity contribution in [2.75, 3.05) is 4.90 Å². The lowest BCUT2D eigenvalue weighted by Crippen LogP contribution is -2.17. The van der Waals surface area contributed by atoms with Gasteiger partial charge in [0.05, 0.1) is 16.9 Å². The second kappa shape index (κ2) is 9.76. The molecule has 0 N–H and O–H groups in total. The third-order valence-electron chi connectivity index (χ3n) is 12.3. The third-order valence-corrected chi connectivity index (χ3v) is 12.3. The molecule has 0 amide bonds. The molecule has 11 rings (SSSR count). The van der Waals surface area contributed by atoms with Gasteiger partial charge in [-0.25, -0.2) is 0 Å². The average molecular weight is 643 g/mol. The molecule has 3 aliphatic carbocycles. The van der Waals surface area contributed by atoms with Crippen molar-refractivity contribution in [2.24, 2.45) is 7.05 Å². The van der Waals surface area contributed by atoms with Crippen molar-refractivity contribution >= 4 is 49.6 Å². The van der Waals surface area contributed by atoms with Crippen molar-refractivity contribution in [3.8, 4) is 22.3 Å². The quantitative estimate of drug-likeness (QED) is 0.186. The molecule has 1 heterocycles. The van der Waals surface area contributed by atoms with Crippen LogP contribution in [-0.2, 0) is 12.5 Å². The van der Waals surface area contributed by atoms with Crippen molar-refractivity contribution in [3.63, 3.8) is 0 Å². The summed E-state index contributed by atoms with van der Waals surface area (Å²) in [5.41, 5.74) is 18.8. The summed E-state index contributed by atoms with van der Waals surface area (Å²) >= 11 is 0. The van der Waals surface area contributed by atoms with E-state index in [9.17, 15) is 0 Å². The molecule has 1 aromatic heterocycles. The normalized spacial score (nSPS) is 17.7. The van der Waals surface area contributed by atoms with Crippen LogP contribution in [0.1, 0.15) is 59.9 Å². The number of aromatic nitrogens is 1. The van der Waals surface area contributed by atoms with Gasteiger partial charge >= 0.3 is 0 Å². The Kier molecular flexibility index (Phi) is 5.52. The van der Waals surface area contributed by atoms with Crippen LogP contribution < -0.4 is 4.90 Å². The van der Waals surface area contributed by atoms with Crippen molar-refractivity contribution < 1.29 is 0 Å². The summed E-state index contributed by atoms with van der Waals surface area (Å²) < 4.78 is 2.40. The number of benzene rings is 7. The number of hydrogen-bond donors (Lipinski definition) is 0. The first-order valence-corrected chi connectivity index (χ1v) is 18.1. The summed E-state index contributed by atoms with van der Waals surface area (Å²) in [4.78, 5) is 2.59. The highest BCUT2D eigenvalue weighted by molar-refractivity contribution is 6.16. The van der Waals surface area contributed by atoms with Crippen LogP contribution in [0.5, 0.6) is 0 Å². The Labute approximate surface area is 293 Å². The van der Waals surface area contributed by atoms with Gasteiger partial charge in [-0.15, -0.1) is 0 Å². The minimum Gasteiger partial charge on any atom is -0.342 e. The Balaban J connectivity index is 1.24. The zero-order valence-corrected chi connectivity index (χ0v) is 29.0. The topological polar surface area (TPSA) is 8.17 Å². The fraction of sp³-hybridized carbons (Fsp3) is 0.167. The molecule has 2 heteroatoms. The van der Waals surface area contributed by atoms with Crippen LogP contribution in [0.2, 0.25) is 0 Å². The van der Waals surface area contributed by atoms with Gasteiger partial charge in [0.15, 0.2) is 0 Å². The van der Waals surface area contributed by atoms with E-state index in [0.29, 0.717) is 11.8 Å². The first kappa shape index (κ1) is 28.3. The molecule has 240 valence electrons. The molecule has 0 saturated heterocycles. The van der Waals surface area contributed by atoms with Gasteiger partial charge in [0.25, 0.3) is 0 Å². The molecular formula is C48H38N2. The summed E-state index contributed by atoms with van der Waals surface area (Å²) in [6.45, 7) is 7.04. The number of fused-ring (bicyclic) bond motifs is 14. The largest absolute Gasteiger partial charge is 0.342 e. The molecule has 0 bridgehead atoms. The third kappa shape index (κ3) is 3.63. The molecule has 50 heavy (non-hydrogen) atoms. The summed E-state index contributed by atoms with van der Waals surface area (Å²) in [5.74, 6) is 1.22. The lowest BCUT2D eigenvalue weighted by molar-refractivity contribution is 0.660.